The van der Waals surface area contributed by atoms with Gasteiger partial charge in [0.1, 0.15) is 18.1 Å². The van der Waals surface area contributed by atoms with Gasteiger partial charge in [0.15, 0.2) is 29.2 Å². The summed E-state index contributed by atoms with van der Waals surface area (Å²) >= 11 is 1.20. The minimum absolute atomic E-state index is 0.0255. The van der Waals surface area contributed by atoms with Gasteiger partial charge in [0.2, 0.25) is 5.88 Å². The van der Waals surface area contributed by atoms with Gasteiger partial charge in [-0.1, -0.05) is 66.4 Å². The number of esters is 3. The second-order valence-corrected chi connectivity index (χ2v) is 11.3. The van der Waals surface area contributed by atoms with Gasteiger partial charge >= 0.3 is 17.9 Å². The van der Waals surface area contributed by atoms with Crippen molar-refractivity contribution in [3.63, 3.8) is 0 Å². The lowest BCUT2D eigenvalue weighted by atomic mass is 10.1. The van der Waals surface area contributed by atoms with Gasteiger partial charge in [0.25, 0.3) is 5.56 Å². The Morgan fingerprint density at radius 1 is 0.833 bits per heavy atom. The van der Waals surface area contributed by atoms with Crippen molar-refractivity contribution in [2.24, 2.45) is 0 Å². The summed E-state index contributed by atoms with van der Waals surface area (Å²) in [6.07, 6.45) is -3.40. The summed E-state index contributed by atoms with van der Waals surface area (Å²) in [6.45, 7) is 1.52. The number of nitrogens with one attached hydrogen (secondary N) is 1. The number of aromatic amines is 1. The standard InChI is InChI=1S/C34H30N4O9S/c1-3-43-29-24-27(35-34(48-2)36-28(24)39)38(37-29)30-26(47-33(42)22-17-11-6-12-18-22)25(46-32(41)21-15-9-5-10-16-21)23(45-30)19-44-31(40)20-13-7-4-8-14-20/h4-18,23,25-26,30H,3,19H2,1-2H3,(H,35,36,39)/t23-,25-,26-,30-/m1/s1. The van der Waals surface area contributed by atoms with Crippen molar-refractivity contribution in [1.29, 1.82) is 0 Å². The third kappa shape index (κ3) is 6.80. The highest BCUT2D eigenvalue weighted by Crippen LogP contribution is 2.38. The molecular weight excluding hydrogens is 640 g/mol. The number of fused-ring (bicyclic) bond motifs is 1. The molecule has 14 heteroatoms. The summed E-state index contributed by atoms with van der Waals surface area (Å²) in [6, 6.07) is 24.8. The highest BCUT2D eigenvalue weighted by Gasteiger charge is 2.52. The fourth-order valence-electron chi connectivity index (χ4n) is 5.16. The van der Waals surface area contributed by atoms with E-state index >= 15 is 0 Å². The highest BCUT2D eigenvalue weighted by atomic mass is 32.2. The van der Waals surface area contributed by atoms with Crippen LogP contribution >= 0.6 is 11.8 Å². The van der Waals surface area contributed by atoms with Crippen LogP contribution in [0.25, 0.3) is 11.0 Å². The maximum Gasteiger partial charge on any atom is 0.338 e. The van der Waals surface area contributed by atoms with Crippen LogP contribution in [0.15, 0.2) is 101 Å². The fraction of sp³-hybridized carbons (Fsp3) is 0.235. The zero-order valence-electron chi connectivity index (χ0n) is 25.8. The van der Waals surface area contributed by atoms with Crippen LogP contribution in [0.5, 0.6) is 5.88 Å². The van der Waals surface area contributed by atoms with Crippen LogP contribution in [-0.4, -0.2) is 75.4 Å². The fourth-order valence-corrected chi connectivity index (χ4v) is 5.53. The van der Waals surface area contributed by atoms with E-state index in [2.05, 4.69) is 15.1 Å². The minimum Gasteiger partial charge on any atom is -0.476 e. The number of ether oxygens (including phenoxy) is 5. The van der Waals surface area contributed by atoms with Crippen LogP contribution in [0.2, 0.25) is 0 Å². The van der Waals surface area contributed by atoms with Crippen LogP contribution in [-0.2, 0) is 18.9 Å². The highest BCUT2D eigenvalue weighted by molar-refractivity contribution is 7.98. The molecule has 13 nitrogen and oxygen atoms in total. The average Bonchev–Trinajstić information content (AvgIpc) is 3.65. The van der Waals surface area contributed by atoms with E-state index in [1.807, 2.05) is 0 Å². The smallest absolute Gasteiger partial charge is 0.338 e. The largest absolute Gasteiger partial charge is 0.476 e. The first-order chi connectivity index (χ1) is 23.4. The number of carbonyl (C=O) groups excluding carboxylic acids is 3. The minimum atomic E-state index is -1.36. The molecule has 246 valence electrons. The molecular formula is C34H30N4O9S. The molecule has 3 heterocycles. The Morgan fingerprint density at radius 2 is 1.38 bits per heavy atom. The number of rotatable bonds is 11. The molecule has 1 fully saturated rings. The van der Waals surface area contributed by atoms with E-state index in [1.165, 1.54) is 16.4 Å². The lowest BCUT2D eigenvalue weighted by molar-refractivity contribution is -0.0657. The van der Waals surface area contributed by atoms with Crippen LogP contribution < -0.4 is 10.3 Å². The Morgan fingerprint density at radius 3 is 1.92 bits per heavy atom. The van der Waals surface area contributed by atoms with Gasteiger partial charge in [0.05, 0.1) is 23.3 Å². The number of nitrogens with zero attached hydrogens (tertiary/aromatic N) is 3. The van der Waals surface area contributed by atoms with Gasteiger partial charge in [0, 0.05) is 0 Å². The van der Waals surface area contributed by atoms with E-state index in [0.29, 0.717) is 5.56 Å². The first-order valence-electron chi connectivity index (χ1n) is 15.0. The third-order valence-electron chi connectivity index (χ3n) is 7.40. The molecule has 3 aromatic carbocycles. The van der Waals surface area contributed by atoms with Gasteiger partial charge in [-0.05, 0) is 49.6 Å². The Labute approximate surface area is 278 Å². The van der Waals surface area contributed by atoms with Crippen molar-refractivity contribution in [3.05, 3.63) is 118 Å². The van der Waals surface area contributed by atoms with Crippen molar-refractivity contribution in [1.82, 2.24) is 19.7 Å². The number of hydrogen-bond donors (Lipinski definition) is 1. The lowest BCUT2D eigenvalue weighted by Crippen LogP contribution is -2.41. The summed E-state index contributed by atoms with van der Waals surface area (Å²) < 4.78 is 31.0. The predicted octanol–water partition coefficient (Wildman–Crippen LogP) is 4.45. The van der Waals surface area contributed by atoms with E-state index in [-0.39, 0.29) is 39.8 Å². The zero-order valence-corrected chi connectivity index (χ0v) is 26.6. The number of hydrogen-bond acceptors (Lipinski definition) is 12. The zero-order chi connectivity index (χ0) is 33.6. The molecule has 1 N–H and O–H groups in total. The van der Waals surface area contributed by atoms with E-state index in [4.69, 9.17) is 23.7 Å². The summed E-state index contributed by atoms with van der Waals surface area (Å²) in [5.74, 6) is -2.14. The number of aromatic nitrogens is 4. The third-order valence-corrected chi connectivity index (χ3v) is 7.98. The molecule has 0 saturated carbocycles. The van der Waals surface area contributed by atoms with Crippen LogP contribution in [0.1, 0.15) is 44.2 Å². The molecule has 1 saturated heterocycles. The first-order valence-corrected chi connectivity index (χ1v) is 16.2. The van der Waals surface area contributed by atoms with E-state index in [9.17, 15) is 19.2 Å². The van der Waals surface area contributed by atoms with Gasteiger partial charge < -0.3 is 28.7 Å². The van der Waals surface area contributed by atoms with E-state index < -0.39 is 54.6 Å². The van der Waals surface area contributed by atoms with Crippen LogP contribution in [0, 0.1) is 0 Å². The van der Waals surface area contributed by atoms with Crippen molar-refractivity contribution in [3.8, 4) is 5.88 Å². The molecule has 0 aliphatic carbocycles. The second-order valence-electron chi connectivity index (χ2n) is 10.5. The molecule has 48 heavy (non-hydrogen) atoms. The van der Waals surface area contributed by atoms with Gasteiger partial charge in [-0.2, -0.15) is 0 Å². The maximum atomic E-state index is 13.5. The molecule has 4 atom stereocenters. The van der Waals surface area contributed by atoms with Gasteiger partial charge in [-0.25, -0.2) is 24.0 Å². The predicted molar refractivity (Wildman–Crippen MR) is 173 cm³/mol. The molecule has 2 aromatic heterocycles. The van der Waals surface area contributed by atoms with Crippen molar-refractivity contribution >= 4 is 40.7 Å². The summed E-state index contributed by atoms with van der Waals surface area (Å²) in [5.41, 5.74) is 0.324. The molecule has 6 rings (SSSR count). The van der Waals surface area contributed by atoms with Gasteiger partial charge in [-0.15, -0.1) is 5.10 Å². The molecule has 1 aliphatic rings. The second kappa shape index (κ2) is 14.5. The number of benzene rings is 3. The van der Waals surface area contributed by atoms with Crippen LogP contribution in [0.3, 0.4) is 0 Å². The molecule has 1 aliphatic heterocycles. The molecule has 5 aromatic rings. The molecule has 0 unspecified atom stereocenters. The molecule has 0 amide bonds. The van der Waals surface area contributed by atoms with E-state index in [0.717, 1.165) is 0 Å². The molecule has 0 radical (unpaired) electrons. The number of thioether (sulfide) groups is 1. The summed E-state index contributed by atoms with van der Waals surface area (Å²) in [5, 5.41) is 4.84. The number of H-pyrrole nitrogens is 1. The summed E-state index contributed by atoms with van der Waals surface area (Å²) in [4.78, 5) is 60.4. The van der Waals surface area contributed by atoms with Crippen molar-refractivity contribution in [2.75, 3.05) is 19.5 Å². The molecule has 0 bridgehead atoms. The molecule has 0 spiro atoms. The Kier molecular flexibility index (Phi) is 9.83. The van der Waals surface area contributed by atoms with E-state index in [1.54, 1.807) is 104 Å². The lowest BCUT2D eigenvalue weighted by Gasteiger charge is -2.24. The quantitative estimate of drug-likeness (QED) is 0.0912. The Bertz CT molecular complexity index is 1970. The maximum absolute atomic E-state index is 13.5. The number of carbonyl (C=O) groups is 3. The van der Waals surface area contributed by atoms with Crippen LogP contribution in [0.4, 0.5) is 0 Å². The van der Waals surface area contributed by atoms with Gasteiger partial charge in [-0.3, -0.25) is 4.79 Å². The first kappa shape index (κ1) is 32.5. The Hall–Kier alpha value is -5.47. The average molecular weight is 671 g/mol. The van der Waals surface area contributed by atoms with Crippen molar-refractivity contribution < 1.29 is 38.1 Å². The topological polar surface area (TPSA) is 161 Å². The SMILES string of the molecule is CCOc1nn([C@@H]2O[C@H](COC(=O)c3ccccc3)[C@@H](OC(=O)c3ccccc3)[C@H]2OC(=O)c2ccccc2)c2nc(SC)[nH]c(=O)c12. The van der Waals surface area contributed by atoms with Crippen molar-refractivity contribution in [2.45, 2.75) is 36.6 Å². The normalized spacial score (nSPS) is 18.7. The summed E-state index contributed by atoms with van der Waals surface area (Å²) in [7, 11) is 0. The Balaban J connectivity index is 1.44. The monoisotopic (exact) mass is 670 g/mol.